The zero-order chi connectivity index (χ0) is 37.1. The fourth-order valence-corrected chi connectivity index (χ4v) is 10.9. The van der Waals surface area contributed by atoms with Crippen LogP contribution in [0.3, 0.4) is 0 Å². The summed E-state index contributed by atoms with van der Waals surface area (Å²) in [5, 5.41) is 16.9. The van der Waals surface area contributed by atoms with Gasteiger partial charge in [0.2, 0.25) is 23.6 Å². The van der Waals surface area contributed by atoms with E-state index in [-0.39, 0.29) is 35.8 Å². The first-order valence-electron chi connectivity index (χ1n) is 17.5. The standard InChI is InChI=1S/C41H35ClN4O6S/c1-20-27-16-21(42)10-15-32(27)53-36(20)30-19-33(44(3)43-30)46-38(49)29-18-28-24(35(41(29,2)40(46)51)25-12-11-23(47)17-31(25)52-4)13-14-26-34(28)39(50)45(37(26)48)22-8-6-5-7-9-22/h5-13,15-17,19,26,28-29,34-35,47H,14,18H2,1-4H3/t26-,28+,29-,34-,35+,41+/m0/s1. The Morgan fingerprint density at radius 2 is 1.72 bits per heavy atom. The molecule has 0 spiro atoms. The topological polar surface area (TPSA) is 122 Å². The number of anilines is 2. The van der Waals surface area contributed by atoms with Crippen LogP contribution in [-0.4, -0.2) is 45.6 Å². The van der Waals surface area contributed by atoms with E-state index in [1.807, 2.05) is 44.2 Å². The number of hydrogen-bond acceptors (Lipinski definition) is 8. The molecule has 5 aromatic rings. The lowest BCUT2D eigenvalue weighted by molar-refractivity contribution is -0.131. The van der Waals surface area contributed by atoms with Gasteiger partial charge in [-0.25, -0.2) is 4.90 Å². The molecule has 2 aromatic heterocycles. The number of hydrogen-bond donors (Lipinski definition) is 1. The van der Waals surface area contributed by atoms with Gasteiger partial charge in [0.25, 0.3) is 0 Å². The van der Waals surface area contributed by atoms with Crippen LogP contribution in [0.15, 0.2) is 84.4 Å². The third-order valence-corrected chi connectivity index (χ3v) is 13.6. The fourth-order valence-electron chi connectivity index (χ4n) is 9.56. The van der Waals surface area contributed by atoms with E-state index in [1.165, 1.54) is 23.0 Å². The van der Waals surface area contributed by atoms with E-state index in [2.05, 4.69) is 0 Å². The van der Waals surface area contributed by atoms with E-state index in [0.717, 1.165) is 26.1 Å². The quantitative estimate of drug-likeness (QED) is 0.147. The van der Waals surface area contributed by atoms with Gasteiger partial charge in [0.15, 0.2) is 0 Å². The molecule has 4 amide bonds. The van der Waals surface area contributed by atoms with Gasteiger partial charge >= 0.3 is 0 Å². The van der Waals surface area contributed by atoms with Crippen molar-refractivity contribution in [1.82, 2.24) is 9.78 Å². The van der Waals surface area contributed by atoms with Crippen LogP contribution in [0.1, 0.15) is 36.8 Å². The Balaban J connectivity index is 1.17. The largest absolute Gasteiger partial charge is 0.508 e. The average Bonchev–Trinajstić information content (AvgIpc) is 3.82. The lowest BCUT2D eigenvalue weighted by Crippen LogP contribution is -2.49. The van der Waals surface area contributed by atoms with Crippen LogP contribution in [0.2, 0.25) is 5.02 Å². The molecule has 3 fully saturated rings. The number of rotatable bonds is 5. The fraction of sp³-hybridized carbons (Fsp3) is 0.293. The number of thiophene rings is 1. The summed E-state index contributed by atoms with van der Waals surface area (Å²) in [5.41, 5.74) is 2.30. The van der Waals surface area contributed by atoms with Crippen molar-refractivity contribution in [3.05, 3.63) is 101 Å². The summed E-state index contributed by atoms with van der Waals surface area (Å²) >= 11 is 7.88. The molecule has 0 bridgehead atoms. The number of halogens is 1. The zero-order valence-electron chi connectivity index (χ0n) is 29.4. The summed E-state index contributed by atoms with van der Waals surface area (Å²) in [6.07, 6.45) is 2.53. The number of methoxy groups -OCH3 is 1. The van der Waals surface area contributed by atoms with Gasteiger partial charge in [-0.15, -0.1) is 11.3 Å². The highest BCUT2D eigenvalue weighted by molar-refractivity contribution is 7.22. The minimum Gasteiger partial charge on any atom is -0.508 e. The molecule has 3 aromatic carbocycles. The number of carbonyl (C=O) groups is 4. The molecule has 4 aliphatic rings. The summed E-state index contributed by atoms with van der Waals surface area (Å²) in [7, 11) is 3.22. The van der Waals surface area contributed by atoms with Crippen LogP contribution in [0, 0.1) is 36.0 Å². The van der Waals surface area contributed by atoms with E-state index in [4.69, 9.17) is 21.4 Å². The van der Waals surface area contributed by atoms with E-state index in [0.29, 0.717) is 40.0 Å². The molecule has 53 heavy (non-hydrogen) atoms. The van der Waals surface area contributed by atoms with Crippen LogP contribution in [0.5, 0.6) is 11.5 Å². The maximum atomic E-state index is 15.1. The number of aromatic hydroxyl groups is 1. The third kappa shape index (κ3) is 4.66. The van der Waals surface area contributed by atoms with Gasteiger partial charge in [-0.05, 0) is 80.0 Å². The van der Waals surface area contributed by atoms with Crippen molar-refractivity contribution in [3.63, 3.8) is 0 Å². The van der Waals surface area contributed by atoms with Crippen molar-refractivity contribution in [1.29, 1.82) is 0 Å². The first-order chi connectivity index (χ1) is 25.4. The van der Waals surface area contributed by atoms with Crippen LogP contribution < -0.4 is 14.5 Å². The summed E-state index contributed by atoms with van der Waals surface area (Å²) in [5.74, 6) is -3.95. The molecule has 0 unspecified atom stereocenters. The smallest absolute Gasteiger partial charge is 0.242 e. The van der Waals surface area contributed by atoms with Crippen molar-refractivity contribution < 1.29 is 29.0 Å². The van der Waals surface area contributed by atoms with Gasteiger partial charge < -0.3 is 9.84 Å². The van der Waals surface area contributed by atoms with Gasteiger partial charge in [0, 0.05) is 40.4 Å². The molecule has 6 atom stereocenters. The highest BCUT2D eigenvalue weighted by Gasteiger charge is 2.68. The van der Waals surface area contributed by atoms with Crippen molar-refractivity contribution in [2.45, 2.75) is 32.6 Å². The van der Waals surface area contributed by atoms with Gasteiger partial charge in [0.1, 0.15) is 23.0 Å². The molecule has 1 N–H and O–H groups in total. The number of phenolic OH excluding ortho intramolecular Hbond substituents is 1. The molecule has 10 nitrogen and oxygen atoms in total. The number of imide groups is 2. The third-order valence-electron chi connectivity index (χ3n) is 12.0. The number of aryl methyl sites for hydroxylation is 2. The van der Waals surface area contributed by atoms with E-state index in [9.17, 15) is 19.5 Å². The van der Waals surface area contributed by atoms with Crippen LogP contribution in [0.4, 0.5) is 11.5 Å². The molecule has 2 aliphatic carbocycles. The minimum atomic E-state index is -1.30. The first-order valence-corrected chi connectivity index (χ1v) is 18.7. The van der Waals surface area contributed by atoms with Crippen molar-refractivity contribution in [3.8, 4) is 22.1 Å². The number of ether oxygens (including phenoxy) is 1. The summed E-state index contributed by atoms with van der Waals surface area (Å²) in [4.78, 5) is 61.7. The number of fused-ring (bicyclic) bond motifs is 5. The number of nitrogens with zero attached hydrogens (tertiary/aromatic N) is 4. The predicted octanol–water partition coefficient (Wildman–Crippen LogP) is 7.41. The minimum absolute atomic E-state index is 0.0101. The number of para-hydroxylation sites is 1. The summed E-state index contributed by atoms with van der Waals surface area (Å²) in [6, 6.07) is 21.2. The van der Waals surface area contributed by atoms with Gasteiger partial charge in [0.05, 0.1) is 40.8 Å². The van der Waals surface area contributed by atoms with E-state index >= 15 is 4.79 Å². The van der Waals surface area contributed by atoms with Crippen LogP contribution >= 0.6 is 22.9 Å². The first kappa shape index (κ1) is 33.6. The normalized spacial score (nSPS) is 26.6. The second kappa shape index (κ2) is 11.9. The molecular formula is C41H35ClN4O6S. The molecule has 268 valence electrons. The molecule has 1 saturated carbocycles. The Bertz CT molecular complexity index is 2450. The SMILES string of the molecule is COc1cc(O)ccc1[C@H]1C2=CC[C@@H]3C(=O)N(c4ccccc4)C(=O)[C@@H]3[C@@H]2C[C@H]2C(=O)N(c3cc(-c4sc5ccc(Cl)cc5c4C)nn3C)C(=O)[C@@]12C. The zero-order valence-corrected chi connectivity index (χ0v) is 30.9. The number of carbonyl (C=O) groups excluding carboxylic acids is 4. The molecular weight excluding hydrogens is 712 g/mol. The molecule has 2 saturated heterocycles. The maximum absolute atomic E-state index is 15.1. The molecule has 2 aliphatic heterocycles. The Kier molecular flexibility index (Phi) is 7.52. The van der Waals surface area contributed by atoms with Gasteiger partial charge in [-0.3, -0.25) is 28.8 Å². The number of aromatic nitrogens is 2. The maximum Gasteiger partial charge on any atom is 0.242 e. The van der Waals surface area contributed by atoms with Crippen molar-refractivity contribution in [2.75, 3.05) is 16.9 Å². The average molecular weight is 747 g/mol. The molecule has 12 heteroatoms. The van der Waals surface area contributed by atoms with E-state index < -0.39 is 35.0 Å². The number of allylic oxidation sites excluding steroid dienone is 2. The van der Waals surface area contributed by atoms with Crippen molar-refractivity contribution in [2.24, 2.45) is 36.1 Å². The summed E-state index contributed by atoms with van der Waals surface area (Å²) < 4.78 is 8.41. The number of benzene rings is 3. The van der Waals surface area contributed by atoms with Crippen molar-refractivity contribution >= 4 is 68.2 Å². The Labute approximate surface area is 314 Å². The lowest BCUT2D eigenvalue weighted by Gasteiger charge is -2.49. The van der Waals surface area contributed by atoms with E-state index in [1.54, 1.807) is 65.5 Å². The predicted molar refractivity (Wildman–Crippen MR) is 202 cm³/mol. The Hall–Kier alpha value is -5.26. The Morgan fingerprint density at radius 3 is 2.47 bits per heavy atom. The Morgan fingerprint density at radius 1 is 0.943 bits per heavy atom. The highest BCUT2D eigenvalue weighted by atomic mass is 35.5. The molecule has 9 rings (SSSR count). The van der Waals surface area contributed by atoms with Crippen LogP contribution in [-0.2, 0) is 26.2 Å². The number of phenols is 1. The highest BCUT2D eigenvalue weighted by Crippen LogP contribution is 2.64. The second-order valence-electron chi connectivity index (χ2n) is 14.6. The molecule has 4 heterocycles. The lowest BCUT2D eigenvalue weighted by atomic mass is 9.51. The van der Waals surface area contributed by atoms with Gasteiger partial charge in [-0.2, -0.15) is 5.10 Å². The summed E-state index contributed by atoms with van der Waals surface area (Å²) in [6.45, 7) is 3.83. The monoisotopic (exact) mass is 746 g/mol. The van der Waals surface area contributed by atoms with Crippen LogP contribution in [0.25, 0.3) is 20.7 Å². The molecule has 0 radical (unpaired) electrons. The number of amides is 4. The van der Waals surface area contributed by atoms with Gasteiger partial charge in [-0.1, -0.05) is 47.5 Å². The second-order valence-corrected chi connectivity index (χ2v) is 16.1.